The molecule has 4 nitrogen and oxygen atoms in total. The zero-order valence-corrected chi connectivity index (χ0v) is 12.5. The number of benzene rings is 1. The molecule has 1 aromatic heterocycles. The Morgan fingerprint density at radius 2 is 2.05 bits per heavy atom. The van der Waals surface area contributed by atoms with Crippen molar-refractivity contribution < 1.29 is 0 Å². The van der Waals surface area contributed by atoms with Crippen molar-refractivity contribution in [3.63, 3.8) is 0 Å². The number of nitrogens with two attached hydrogens (primary N) is 1. The summed E-state index contributed by atoms with van der Waals surface area (Å²) in [5, 5.41) is 4.52. The number of aryl methyl sites for hydroxylation is 3. The highest BCUT2D eigenvalue weighted by molar-refractivity contribution is 5.67. The van der Waals surface area contributed by atoms with Gasteiger partial charge in [0.05, 0.1) is 17.9 Å². The topological polar surface area (TPSA) is 47.1 Å². The molecule has 1 aliphatic rings. The highest BCUT2D eigenvalue weighted by Gasteiger charge is 2.21. The molecule has 0 atom stereocenters. The summed E-state index contributed by atoms with van der Waals surface area (Å²) in [6, 6.07) is 6.53. The smallest absolute Gasteiger partial charge is 0.0599 e. The molecule has 1 aliphatic heterocycles. The van der Waals surface area contributed by atoms with E-state index in [0.717, 1.165) is 37.4 Å². The fraction of sp³-hybridized carbons (Fsp3) is 0.438. The summed E-state index contributed by atoms with van der Waals surface area (Å²) in [5.41, 5.74) is 13.2. The molecular formula is C16H22N4. The van der Waals surface area contributed by atoms with E-state index in [1.165, 1.54) is 22.5 Å². The molecule has 20 heavy (non-hydrogen) atoms. The van der Waals surface area contributed by atoms with Crippen LogP contribution < -0.4 is 10.6 Å². The van der Waals surface area contributed by atoms with Gasteiger partial charge in [0.25, 0.3) is 0 Å². The van der Waals surface area contributed by atoms with E-state index in [4.69, 9.17) is 5.73 Å². The predicted octanol–water partition coefficient (Wildman–Crippen LogP) is 2.66. The second-order valence-corrected chi connectivity index (χ2v) is 5.60. The van der Waals surface area contributed by atoms with E-state index in [9.17, 15) is 0 Å². The molecule has 4 heteroatoms. The second-order valence-electron chi connectivity index (χ2n) is 5.60. The van der Waals surface area contributed by atoms with Crippen molar-refractivity contribution in [2.45, 2.75) is 40.3 Å². The summed E-state index contributed by atoms with van der Waals surface area (Å²) in [6.07, 6.45) is 1.11. The van der Waals surface area contributed by atoms with Gasteiger partial charge in [0.1, 0.15) is 0 Å². The summed E-state index contributed by atoms with van der Waals surface area (Å²) >= 11 is 0. The van der Waals surface area contributed by atoms with Crippen LogP contribution >= 0.6 is 0 Å². The summed E-state index contributed by atoms with van der Waals surface area (Å²) in [5.74, 6) is 0. The first kappa shape index (κ1) is 13.0. The van der Waals surface area contributed by atoms with Gasteiger partial charge in [-0.15, -0.1) is 0 Å². The van der Waals surface area contributed by atoms with Gasteiger partial charge < -0.3 is 10.6 Å². The number of rotatable bonds is 3. The number of aromatic nitrogens is 2. The fourth-order valence-corrected chi connectivity index (χ4v) is 3.00. The number of hydrogen-bond acceptors (Lipinski definition) is 3. The van der Waals surface area contributed by atoms with Gasteiger partial charge in [-0.25, -0.2) is 0 Å². The normalized spacial score (nSPS) is 13.8. The third-order valence-electron chi connectivity index (χ3n) is 4.10. The van der Waals surface area contributed by atoms with Gasteiger partial charge in [-0.05, 0) is 50.5 Å². The third kappa shape index (κ3) is 2.15. The Bertz CT molecular complexity index is 642. The molecule has 0 saturated carbocycles. The maximum atomic E-state index is 6.06. The van der Waals surface area contributed by atoms with Crippen LogP contribution in [0, 0.1) is 13.8 Å². The number of nitrogen functional groups attached to an aromatic ring is 1. The van der Waals surface area contributed by atoms with Crippen molar-refractivity contribution in [2.24, 2.45) is 0 Å². The lowest BCUT2D eigenvalue weighted by atomic mass is 10.1. The largest absolute Gasteiger partial charge is 0.398 e. The molecule has 0 radical (unpaired) electrons. The van der Waals surface area contributed by atoms with E-state index >= 15 is 0 Å². The highest BCUT2D eigenvalue weighted by atomic mass is 15.3. The van der Waals surface area contributed by atoms with Gasteiger partial charge in [-0.2, -0.15) is 5.10 Å². The lowest BCUT2D eigenvalue weighted by Gasteiger charge is -2.20. The summed E-state index contributed by atoms with van der Waals surface area (Å²) in [6.45, 7) is 9.15. The van der Waals surface area contributed by atoms with E-state index in [1.807, 2.05) is 0 Å². The molecule has 0 aliphatic carbocycles. The van der Waals surface area contributed by atoms with Gasteiger partial charge in [0.15, 0.2) is 0 Å². The Balaban J connectivity index is 1.90. The fourth-order valence-electron chi connectivity index (χ4n) is 3.00. The van der Waals surface area contributed by atoms with Gasteiger partial charge >= 0.3 is 0 Å². The standard InChI is InChI=1S/C16H22N4/c1-4-20-14(8-12(3)18-20)10-19-6-5-13-7-11(2)15(17)9-16(13)19/h7-9H,4-6,10,17H2,1-3H3. The molecule has 106 valence electrons. The van der Waals surface area contributed by atoms with Crippen LogP contribution in [-0.2, 0) is 19.5 Å². The molecule has 2 aromatic rings. The van der Waals surface area contributed by atoms with Gasteiger partial charge in [-0.1, -0.05) is 6.07 Å². The molecule has 0 amide bonds. The van der Waals surface area contributed by atoms with Crippen LogP contribution in [0.4, 0.5) is 11.4 Å². The van der Waals surface area contributed by atoms with Crippen molar-refractivity contribution in [3.05, 3.63) is 40.7 Å². The predicted molar refractivity (Wildman–Crippen MR) is 83.0 cm³/mol. The first-order valence-electron chi connectivity index (χ1n) is 7.25. The lowest BCUT2D eigenvalue weighted by Crippen LogP contribution is -2.22. The molecule has 0 bridgehead atoms. The summed E-state index contributed by atoms with van der Waals surface area (Å²) in [4.78, 5) is 2.41. The average molecular weight is 270 g/mol. The van der Waals surface area contributed by atoms with Crippen molar-refractivity contribution in [1.82, 2.24) is 9.78 Å². The quantitative estimate of drug-likeness (QED) is 0.872. The molecular weight excluding hydrogens is 248 g/mol. The molecule has 0 saturated heterocycles. The van der Waals surface area contributed by atoms with Crippen molar-refractivity contribution in [1.29, 1.82) is 0 Å². The van der Waals surface area contributed by atoms with Crippen molar-refractivity contribution in [2.75, 3.05) is 17.2 Å². The van der Waals surface area contributed by atoms with Crippen LogP contribution in [0.15, 0.2) is 18.2 Å². The van der Waals surface area contributed by atoms with Crippen LogP contribution in [0.1, 0.15) is 29.4 Å². The van der Waals surface area contributed by atoms with E-state index in [0.29, 0.717) is 0 Å². The average Bonchev–Trinajstić information content (AvgIpc) is 2.95. The summed E-state index contributed by atoms with van der Waals surface area (Å²) < 4.78 is 2.09. The molecule has 0 fully saturated rings. The van der Waals surface area contributed by atoms with E-state index in [2.05, 4.69) is 53.7 Å². The van der Waals surface area contributed by atoms with Crippen LogP contribution in [0.5, 0.6) is 0 Å². The minimum Gasteiger partial charge on any atom is -0.398 e. The molecule has 0 spiro atoms. The van der Waals surface area contributed by atoms with Gasteiger partial charge in [0, 0.05) is 24.5 Å². The Kier molecular flexibility index (Phi) is 3.16. The van der Waals surface area contributed by atoms with Crippen molar-refractivity contribution >= 4 is 11.4 Å². The monoisotopic (exact) mass is 270 g/mol. The minimum absolute atomic E-state index is 0.885. The molecule has 1 aromatic carbocycles. The van der Waals surface area contributed by atoms with Crippen LogP contribution in [0.25, 0.3) is 0 Å². The molecule has 3 rings (SSSR count). The second kappa shape index (κ2) is 4.85. The van der Waals surface area contributed by atoms with Crippen LogP contribution in [-0.4, -0.2) is 16.3 Å². The number of hydrogen-bond donors (Lipinski definition) is 1. The minimum atomic E-state index is 0.885. The van der Waals surface area contributed by atoms with E-state index < -0.39 is 0 Å². The SMILES string of the molecule is CCn1nc(C)cc1CN1CCc2cc(C)c(N)cc21. The highest BCUT2D eigenvalue weighted by Crippen LogP contribution is 2.33. The first-order chi connectivity index (χ1) is 9.58. The Hall–Kier alpha value is -1.97. The van der Waals surface area contributed by atoms with Gasteiger partial charge in [-0.3, -0.25) is 4.68 Å². The Labute approximate surface area is 120 Å². The van der Waals surface area contributed by atoms with Gasteiger partial charge in [0.2, 0.25) is 0 Å². The maximum Gasteiger partial charge on any atom is 0.0599 e. The first-order valence-corrected chi connectivity index (χ1v) is 7.25. The zero-order chi connectivity index (χ0) is 14.3. The van der Waals surface area contributed by atoms with Crippen molar-refractivity contribution in [3.8, 4) is 0 Å². The van der Waals surface area contributed by atoms with E-state index in [1.54, 1.807) is 0 Å². The molecule has 2 heterocycles. The number of anilines is 2. The summed E-state index contributed by atoms with van der Waals surface area (Å²) in [7, 11) is 0. The van der Waals surface area contributed by atoms with E-state index in [-0.39, 0.29) is 0 Å². The number of fused-ring (bicyclic) bond motifs is 1. The Morgan fingerprint density at radius 3 is 2.80 bits per heavy atom. The molecule has 2 N–H and O–H groups in total. The maximum absolute atomic E-state index is 6.06. The number of nitrogens with zero attached hydrogens (tertiary/aromatic N) is 3. The van der Waals surface area contributed by atoms with Crippen LogP contribution in [0.2, 0.25) is 0 Å². The lowest BCUT2D eigenvalue weighted by molar-refractivity contribution is 0.608. The Morgan fingerprint density at radius 1 is 1.25 bits per heavy atom. The third-order valence-corrected chi connectivity index (χ3v) is 4.10. The zero-order valence-electron chi connectivity index (χ0n) is 12.5. The van der Waals surface area contributed by atoms with Crippen LogP contribution in [0.3, 0.4) is 0 Å². The molecule has 0 unspecified atom stereocenters.